The van der Waals surface area contributed by atoms with E-state index in [9.17, 15) is 4.79 Å². The van der Waals surface area contributed by atoms with Crippen molar-refractivity contribution in [2.24, 2.45) is 5.92 Å². The van der Waals surface area contributed by atoms with Crippen molar-refractivity contribution >= 4 is 28.1 Å². The van der Waals surface area contributed by atoms with Gasteiger partial charge in [-0.2, -0.15) is 0 Å². The predicted molar refractivity (Wildman–Crippen MR) is 109 cm³/mol. The number of aryl methyl sites for hydroxylation is 1. The first kappa shape index (κ1) is 18.4. The number of hydrogen-bond donors (Lipinski definition) is 1. The molecule has 1 N–H and O–H groups in total. The zero-order valence-corrected chi connectivity index (χ0v) is 16.8. The standard InChI is InChI=1S/C21H28N4OS/c1-15-12-17(24-21-22-9-11-27-21)14-18(23-15)19-8-5-10-25(19)20(26)13-16-6-3-2-4-7-16/h9,11-12,14,16,19H,2-8,10,13H2,1H3,(H,22,23,24). The highest BCUT2D eigenvalue weighted by molar-refractivity contribution is 7.13. The van der Waals surface area contributed by atoms with Crippen LogP contribution in [-0.2, 0) is 4.79 Å². The molecule has 2 aliphatic rings. The van der Waals surface area contributed by atoms with Crippen LogP contribution >= 0.6 is 11.3 Å². The lowest BCUT2D eigenvalue weighted by Crippen LogP contribution is -2.32. The van der Waals surface area contributed by atoms with Gasteiger partial charge in [0.2, 0.25) is 5.91 Å². The Bertz CT molecular complexity index is 770. The van der Waals surface area contributed by atoms with Crippen molar-refractivity contribution in [1.29, 1.82) is 0 Å². The molecule has 1 saturated carbocycles. The second-order valence-corrected chi connectivity index (χ2v) is 8.73. The Morgan fingerprint density at radius 1 is 1.22 bits per heavy atom. The molecular weight excluding hydrogens is 356 g/mol. The summed E-state index contributed by atoms with van der Waals surface area (Å²) >= 11 is 1.58. The van der Waals surface area contributed by atoms with Gasteiger partial charge in [0.15, 0.2) is 5.13 Å². The number of hydrogen-bond acceptors (Lipinski definition) is 5. The number of likely N-dealkylation sites (tertiary alicyclic amines) is 1. The molecule has 0 radical (unpaired) electrons. The van der Waals surface area contributed by atoms with Gasteiger partial charge in [-0.05, 0) is 50.7 Å². The van der Waals surface area contributed by atoms with E-state index < -0.39 is 0 Å². The Morgan fingerprint density at radius 2 is 2.07 bits per heavy atom. The van der Waals surface area contributed by atoms with Crippen molar-refractivity contribution in [3.8, 4) is 0 Å². The summed E-state index contributed by atoms with van der Waals surface area (Å²) in [5.74, 6) is 0.905. The highest BCUT2D eigenvalue weighted by Gasteiger charge is 2.32. The molecule has 0 aromatic carbocycles. The first-order valence-corrected chi connectivity index (χ1v) is 11.0. The van der Waals surface area contributed by atoms with Gasteiger partial charge in [0.05, 0.1) is 11.7 Å². The van der Waals surface area contributed by atoms with Gasteiger partial charge in [-0.25, -0.2) is 4.98 Å². The van der Waals surface area contributed by atoms with Crippen LogP contribution in [0.3, 0.4) is 0 Å². The summed E-state index contributed by atoms with van der Waals surface area (Å²) in [4.78, 5) is 24.2. The van der Waals surface area contributed by atoms with Crippen LogP contribution in [0.25, 0.3) is 0 Å². The molecule has 0 spiro atoms. The number of nitrogens with one attached hydrogen (secondary N) is 1. The molecule has 1 aliphatic heterocycles. The number of amides is 1. The number of pyridine rings is 1. The fourth-order valence-corrected chi connectivity index (χ4v) is 5.02. The minimum atomic E-state index is 0.109. The molecule has 2 fully saturated rings. The van der Waals surface area contributed by atoms with Crippen LogP contribution in [-0.4, -0.2) is 27.3 Å². The molecule has 1 unspecified atom stereocenters. The topological polar surface area (TPSA) is 58.1 Å². The molecule has 5 nitrogen and oxygen atoms in total. The second-order valence-electron chi connectivity index (χ2n) is 7.84. The minimum Gasteiger partial charge on any atom is -0.334 e. The van der Waals surface area contributed by atoms with Crippen molar-refractivity contribution in [1.82, 2.24) is 14.9 Å². The van der Waals surface area contributed by atoms with Gasteiger partial charge in [0.1, 0.15) is 0 Å². The van der Waals surface area contributed by atoms with Gasteiger partial charge in [-0.1, -0.05) is 19.3 Å². The summed E-state index contributed by atoms with van der Waals surface area (Å²) in [5, 5.41) is 6.20. The number of aromatic nitrogens is 2. The second kappa shape index (κ2) is 8.38. The summed E-state index contributed by atoms with van der Waals surface area (Å²) < 4.78 is 0. The molecule has 4 rings (SSSR count). The average Bonchev–Trinajstić information content (AvgIpc) is 3.34. The zero-order chi connectivity index (χ0) is 18.6. The van der Waals surface area contributed by atoms with Crippen LogP contribution in [0, 0.1) is 12.8 Å². The monoisotopic (exact) mass is 384 g/mol. The minimum absolute atomic E-state index is 0.109. The highest BCUT2D eigenvalue weighted by atomic mass is 32.1. The molecule has 27 heavy (non-hydrogen) atoms. The zero-order valence-electron chi connectivity index (χ0n) is 16.0. The summed E-state index contributed by atoms with van der Waals surface area (Å²) in [6, 6.07) is 4.23. The van der Waals surface area contributed by atoms with Crippen molar-refractivity contribution in [2.75, 3.05) is 11.9 Å². The summed E-state index contributed by atoms with van der Waals surface area (Å²) in [6.45, 7) is 2.88. The average molecular weight is 385 g/mol. The fourth-order valence-electron chi connectivity index (χ4n) is 4.47. The molecule has 2 aromatic rings. The molecule has 144 valence electrons. The molecule has 3 heterocycles. The molecular formula is C21H28N4OS. The number of carbonyl (C=O) groups is 1. The third-order valence-electron chi connectivity index (χ3n) is 5.76. The molecule has 1 aliphatic carbocycles. The maximum absolute atomic E-state index is 13.0. The predicted octanol–water partition coefficient (Wildman–Crippen LogP) is 5.22. The largest absolute Gasteiger partial charge is 0.334 e. The van der Waals surface area contributed by atoms with E-state index in [0.717, 1.165) is 41.6 Å². The van der Waals surface area contributed by atoms with E-state index in [-0.39, 0.29) is 6.04 Å². The molecule has 1 atom stereocenters. The van der Waals surface area contributed by atoms with Crippen LogP contribution in [0.5, 0.6) is 0 Å². The number of thiazole rings is 1. The van der Waals surface area contributed by atoms with E-state index in [4.69, 9.17) is 4.98 Å². The normalized spacial score (nSPS) is 20.8. The lowest BCUT2D eigenvalue weighted by atomic mass is 9.86. The number of nitrogens with zero attached hydrogens (tertiary/aromatic N) is 3. The molecule has 1 amide bonds. The summed E-state index contributed by atoms with van der Waals surface area (Å²) in [5.41, 5.74) is 2.97. The van der Waals surface area contributed by atoms with Crippen molar-refractivity contribution in [2.45, 2.75) is 64.3 Å². The maximum atomic E-state index is 13.0. The third-order valence-corrected chi connectivity index (χ3v) is 6.45. The summed E-state index contributed by atoms with van der Waals surface area (Å²) in [7, 11) is 0. The summed E-state index contributed by atoms with van der Waals surface area (Å²) in [6.07, 6.45) is 10.9. The lowest BCUT2D eigenvalue weighted by Gasteiger charge is -2.28. The Kier molecular flexibility index (Phi) is 5.72. The quantitative estimate of drug-likeness (QED) is 0.767. The van der Waals surface area contributed by atoms with Crippen LogP contribution in [0.2, 0.25) is 0 Å². The van der Waals surface area contributed by atoms with Crippen LogP contribution in [0.15, 0.2) is 23.7 Å². The Hall–Kier alpha value is -1.95. The van der Waals surface area contributed by atoms with E-state index in [0.29, 0.717) is 18.2 Å². The van der Waals surface area contributed by atoms with E-state index >= 15 is 0 Å². The molecule has 1 saturated heterocycles. The number of carbonyl (C=O) groups excluding carboxylic acids is 1. The van der Waals surface area contributed by atoms with Gasteiger partial charge < -0.3 is 10.2 Å². The number of anilines is 2. The molecule has 6 heteroatoms. The van der Waals surface area contributed by atoms with E-state index in [1.807, 2.05) is 18.4 Å². The third kappa shape index (κ3) is 4.49. The van der Waals surface area contributed by atoms with Crippen LogP contribution < -0.4 is 5.32 Å². The van der Waals surface area contributed by atoms with Crippen molar-refractivity contribution in [3.05, 3.63) is 35.1 Å². The first-order valence-electron chi connectivity index (χ1n) is 10.1. The van der Waals surface area contributed by atoms with Gasteiger partial charge in [-0.15, -0.1) is 11.3 Å². The smallest absolute Gasteiger partial charge is 0.223 e. The SMILES string of the molecule is Cc1cc(Nc2nccs2)cc(C2CCCN2C(=O)CC2CCCCC2)n1. The van der Waals surface area contributed by atoms with E-state index in [2.05, 4.69) is 21.3 Å². The van der Waals surface area contributed by atoms with E-state index in [1.54, 1.807) is 17.5 Å². The van der Waals surface area contributed by atoms with Gasteiger partial charge in [-0.3, -0.25) is 9.78 Å². The van der Waals surface area contributed by atoms with Gasteiger partial charge >= 0.3 is 0 Å². The highest BCUT2D eigenvalue weighted by Crippen LogP contribution is 2.35. The van der Waals surface area contributed by atoms with Crippen LogP contribution in [0.1, 0.15) is 68.8 Å². The fraction of sp³-hybridized carbons (Fsp3) is 0.571. The van der Waals surface area contributed by atoms with Gasteiger partial charge in [0, 0.05) is 35.9 Å². The first-order chi connectivity index (χ1) is 13.2. The van der Waals surface area contributed by atoms with E-state index in [1.165, 1.54) is 32.1 Å². The van der Waals surface area contributed by atoms with Crippen LogP contribution in [0.4, 0.5) is 10.8 Å². The maximum Gasteiger partial charge on any atom is 0.223 e. The lowest BCUT2D eigenvalue weighted by molar-refractivity contribution is -0.133. The Balaban J connectivity index is 1.49. The Morgan fingerprint density at radius 3 is 2.85 bits per heavy atom. The van der Waals surface area contributed by atoms with Crippen molar-refractivity contribution < 1.29 is 4.79 Å². The molecule has 0 bridgehead atoms. The molecule has 2 aromatic heterocycles. The number of rotatable bonds is 5. The van der Waals surface area contributed by atoms with Gasteiger partial charge in [0.25, 0.3) is 0 Å². The van der Waals surface area contributed by atoms with Crippen molar-refractivity contribution in [3.63, 3.8) is 0 Å². The Labute approximate surface area is 165 Å².